The summed E-state index contributed by atoms with van der Waals surface area (Å²) < 4.78 is 13.1. The normalized spacial score (nSPS) is 22.4. The smallest absolute Gasteiger partial charge is 0.341 e. The van der Waals surface area contributed by atoms with Crippen molar-refractivity contribution in [3.63, 3.8) is 0 Å². The lowest BCUT2D eigenvalue weighted by molar-refractivity contribution is 0.121. The van der Waals surface area contributed by atoms with Crippen molar-refractivity contribution in [2.75, 3.05) is 24.5 Å². The molecular weight excluding hydrogens is 345 g/mol. The SMILES string of the molecule is CC1CN(c2ccc(F)cn2)CCN1C(=O)N1N=CCC1c1ccccc1. The molecule has 6 nitrogen and oxygen atoms in total. The van der Waals surface area contributed by atoms with Crippen LogP contribution < -0.4 is 4.90 Å². The number of piperazine rings is 1. The van der Waals surface area contributed by atoms with Gasteiger partial charge in [-0.15, -0.1) is 0 Å². The van der Waals surface area contributed by atoms with E-state index < -0.39 is 0 Å². The molecule has 0 spiro atoms. The molecule has 2 aliphatic rings. The van der Waals surface area contributed by atoms with Crippen LogP contribution in [-0.4, -0.2) is 52.8 Å². The Kier molecular flexibility index (Phi) is 4.75. The van der Waals surface area contributed by atoms with Crippen molar-refractivity contribution < 1.29 is 9.18 Å². The van der Waals surface area contributed by atoms with Crippen LogP contribution in [0.4, 0.5) is 15.0 Å². The van der Waals surface area contributed by atoms with Gasteiger partial charge in [0, 0.05) is 38.3 Å². The number of halogens is 1. The van der Waals surface area contributed by atoms with E-state index in [9.17, 15) is 9.18 Å². The molecule has 0 aliphatic carbocycles. The maximum atomic E-state index is 13.1. The zero-order chi connectivity index (χ0) is 18.8. The number of urea groups is 1. The van der Waals surface area contributed by atoms with E-state index in [2.05, 4.69) is 15.0 Å². The van der Waals surface area contributed by atoms with Crippen molar-refractivity contribution in [1.82, 2.24) is 14.9 Å². The largest absolute Gasteiger partial charge is 0.353 e. The molecule has 1 aromatic heterocycles. The number of carbonyl (C=O) groups excluding carboxylic acids is 1. The van der Waals surface area contributed by atoms with Crippen LogP contribution in [0, 0.1) is 5.82 Å². The van der Waals surface area contributed by atoms with Crippen LogP contribution in [0.5, 0.6) is 0 Å². The predicted molar refractivity (Wildman–Crippen MR) is 102 cm³/mol. The fourth-order valence-corrected chi connectivity index (χ4v) is 3.69. The highest BCUT2D eigenvalue weighted by molar-refractivity contribution is 5.79. The first-order chi connectivity index (χ1) is 13.1. The highest BCUT2D eigenvalue weighted by Crippen LogP contribution is 2.30. The average molecular weight is 367 g/mol. The quantitative estimate of drug-likeness (QED) is 0.819. The van der Waals surface area contributed by atoms with E-state index in [1.54, 1.807) is 17.3 Å². The standard InChI is InChI=1S/C20H22FN5O/c1-15-14-24(19-8-7-17(21)13-22-19)11-12-25(15)20(27)26-18(9-10-23-26)16-5-3-2-4-6-16/h2-8,10,13,15,18H,9,11-12,14H2,1H3. The van der Waals surface area contributed by atoms with Crippen LogP contribution in [0.2, 0.25) is 0 Å². The molecule has 1 saturated heterocycles. The van der Waals surface area contributed by atoms with Crippen molar-refractivity contribution in [2.24, 2.45) is 5.10 Å². The van der Waals surface area contributed by atoms with Gasteiger partial charge in [0.15, 0.2) is 0 Å². The van der Waals surface area contributed by atoms with E-state index >= 15 is 0 Å². The monoisotopic (exact) mass is 367 g/mol. The lowest BCUT2D eigenvalue weighted by atomic mass is 10.0. The second kappa shape index (κ2) is 7.34. The molecule has 7 heteroatoms. The van der Waals surface area contributed by atoms with Crippen molar-refractivity contribution in [3.05, 3.63) is 60.0 Å². The molecule has 3 heterocycles. The minimum absolute atomic E-state index is 0.00493. The first-order valence-corrected chi connectivity index (χ1v) is 9.17. The third-order valence-corrected chi connectivity index (χ3v) is 5.12. The van der Waals surface area contributed by atoms with Crippen LogP contribution in [-0.2, 0) is 0 Å². The average Bonchev–Trinajstić information content (AvgIpc) is 3.18. The van der Waals surface area contributed by atoms with Gasteiger partial charge in [0.2, 0.25) is 0 Å². The number of anilines is 1. The number of benzene rings is 1. The number of hydrogen-bond donors (Lipinski definition) is 0. The van der Waals surface area contributed by atoms with E-state index in [0.717, 1.165) is 17.8 Å². The number of rotatable bonds is 2. The first kappa shape index (κ1) is 17.5. The van der Waals surface area contributed by atoms with Crippen LogP contribution in [0.15, 0.2) is 53.8 Å². The Hall–Kier alpha value is -2.96. The molecule has 2 aromatic rings. The Bertz CT molecular complexity index is 826. The Morgan fingerprint density at radius 2 is 1.96 bits per heavy atom. The lowest BCUT2D eigenvalue weighted by Gasteiger charge is -2.41. The Balaban J connectivity index is 1.45. The number of carbonyl (C=O) groups is 1. The van der Waals surface area contributed by atoms with Gasteiger partial charge in [0.05, 0.1) is 12.2 Å². The Morgan fingerprint density at radius 3 is 2.67 bits per heavy atom. The van der Waals surface area contributed by atoms with Crippen LogP contribution in [0.25, 0.3) is 0 Å². The van der Waals surface area contributed by atoms with Gasteiger partial charge < -0.3 is 9.80 Å². The second-order valence-electron chi connectivity index (χ2n) is 6.91. The lowest BCUT2D eigenvalue weighted by Crippen LogP contribution is -2.56. The molecule has 27 heavy (non-hydrogen) atoms. The molecule has 0 bridgehead atoms. The topological polar surface area (TPSA) is 52.0 Å². The number of pyridine rings is 1. The van der Waals surface area contributed by atoms with Gasteiger partial charge >= 0.3 is 6.03 Å². The molecule has 2 atom stereocenters. The summed E-state index contributed by atoms with van der Waals surface area (Å²) in [7, 11) is 0. The highest BCUT2D eigenvalue weighted by atomic mass is 19.1. The van der Waals surface area contributed by atoms with Gasteiger partial charge in [-0.25, -0.2) is 19.2 Å². The summed E-state index contributed by atoms with van der Waals surface area (Å²) in [5.41, 5.74) is 1.09. The minimum atomic E-state index is -0.348. The molecule has 0 radical (unpaired) electrons. The van der Waals surface area contributed by atoms with Crippen molar-refractivity contribution in [3.8, 4) is 0 Å². The summed E-state index contributed by atoms with van der Waals surface area (Å²) in [5, 5.41) is 5.93. The van der Waals surface area contributed by atoms with Gasteiger partial charge in [-0.2, -0.15) is 5.10 Å². The summed E-state index contributed by atoms with van der Waals surface area (Å²) in [6, 6.07) is 13.0. The van der Waals surface area contributed by atoms with Crippen LogP contribution >= 0.6 is 0 Å². The molecular formula is C20H22FN5O. The number of amides is 2. The molecule has 0 saturated carbocycles. The maximum Gasteiger partial charge on any atom is 0.341 e. The van der Waals surface area contributed by atoms with Crippen molar-refractivity contribution in [1.29, 1.82) is 0 Å². The summed E-state index contributed by atoms with van der Waals surface area (Å²) in [6.45, 7) is 3.90. The Labute approximate surface area is 157 Å². The first-order valence-electron chi connectivity index (χ1n) is 9.17. The minimum Gasteiger partial charge on any atom is -0.353 e. The van der Waals surface area contributed by atoms with Crippen molar-refractivity contribution in [2.45, 2.75) is 25.4 Å². The summed E-state index contributed by atoms with van der Waals surface area (Å²) >= 11 is 0. The van der Waals surface area contributed by atoms with Crippen LogP contribution in [0.1, 0.15) is 24.9 Å². The van der Waals surface area contributed by atoms with Gasteiger partial charge in [-0.05, 0) is 24.6 Å². The Morgan fingerprint density at radius 1 is 1.15 bits per heavy atom. The van der Waals surface area contributed by atoms with Crippen molar-refractivity contribution >= 4 is 18.1 Å². The molecule has 1 aromatic carbocycles. The van der Waals surface area contributed by atoms with E-state index in [4.69, 9.17) is 0 Å². The molecule has 0 N–H and O–H groups in total. The molecule has 140 valence electrons. The number of hydrazone groups is 1. The van der Waals surface area contributed by atoms with E-state index in [1.165, 1.54) is 12.3 Å². The summed E-state index contributed by atoms with van der Waals surface area (Å²) in [5.74, 6) is 0.385. The third-order valence-electron chi connectivity index (χ3n) is 5.12. The zero-order valence-electron chi connectivity index (χ0n) is 15.2. The summed E-state index contributed by atoms with van der Waals surface area (Å²) in [6.07, 6.45) is 3.75. The van der Waals surface area contributed by atoms with Gasteiger partial charge in [0.1, 0.15) is 11.6 Å². The molecule has 2 unspecified atom stereocenters. The number of nitrogens with zero attached hydrogens (tertiary/aromatic N) is 5. The fourth-order valence-electron chi connectivity index (χ4n) is 3.69. The third kappa shape index (κ3) is 3.49. The maximum absolute atomic E-state index is 13.1. The van der Waals surface area contributed by atoms with Gasteiger partial charge in [-0.3, -0.25) is 0 Å². The molecule has 2 amide bonds. The van der Waals surface area contributed by atoms with E-state index in [-0.39, 0.29) is 23.9 Å². The number of aromatic nitrogens is 1. The van der Waals surface area contributed by atoms with E-state index in [0.29, 0.717) is 19.6 Å². The van der Waals surface area contributed by atoms with E-state index in [1.807, 2.05) is 42.2 Å². The number of hydrogen-bond acceptors (Lipinski definition) is 4. The van der Waals surface area contributed by atoms with Crippen LogP contribution in [0.3, 0.4) is 0 Å². The second-order valence-corrected chi connectivity index (χ2v) is 6.91. The molecule has 4 rings (SSSR count). The molecule has 1 fully saturated rings. The van der Waals surface area contributed by atoms with Gasteiger partial charge in [-0.1, -0.05) is 30.3 Å². The zero-order valence-corrected chi connectivity index (χ0v) is 15.2. The predicted octanol–water partition coefficient (Wildman–Crippen LogP) is 3.28. The van der Waals surface area contributed by atoms with Gasteiger partial charge in [0.25, 0.3) is 0 Å². The summed E-state index contributed by atoms with van der Waals surface area (Å²) in [4.78, 5) is 21.2. The highest BCUT2D eigenvalue weighted by Gasteiger charge is 2.35. The molecule has 2 aliphatic heterocycles. The fraction of sp³-hybridized carbons (Fsp3) is 0.350.